The number of hydrogen-bond donors (Lipinski definition) is 1. The molecule has 0 aliphatic rings. The van der Waals surface area contributed by atoms with E-state index in [1.807, 2.05) is 24.3 Å². The van der Waals surface area contributed by atoms with Crippen molar-refractivity contribution in [1.82, 2.24) is 9.78 Å². The molecule has 0 atom stereocenters. The highest BCUT2D eigenvalue weighted by atomic mass is 16.2. The van der Waals surface area contributed by atoms with Crippen LogP contribution in [0.2, 0.25) is 0 Å². The zero-order valence-electron chi connectivity index (χ0n) is 16.4. The molecule has 0 fully saturated rings. The van der Waals surface area contributed by atoms with E-state index in [-0.39, 0.29) is 29.0 Å². The summed E-state index contributed by atoms with van der Waals surface area (Å²) in [5.41, 5.74) is 3.05. The molecule has 1 aromatic heterocycles. The van der Waals surface area contributed by atoms with E-state index in [1.165, 1.54) is 4.68 Å². The molecule has 1 N–H and O–H groups in total. The number of aryl methyl sites for hydroxylation is 1. The summed E-state index contributed by atoms with van der Waals surface area (Å²) >= 11 is 0. The lowest BCUT2D eigenvalue weighted by Crippen LogP contribution is -2.26. The third-order valence-electron chi connectivity index (χ3n) is 4.78. The highest BCUT2D eigenvalue weighted by Gasteiger charge is 2.20. The van der Waals surface area contributed by atoms with Gasteiger partial charge in [-0.05, 0) is 29.0 Å². The molecule has 1 heterocycles. The summed E-state index contributed by atoms with van der Waals surface area (Å²) in [7, 11) is 1.56. The van der Waals surface area contributed by atoms with E-state index >= 15 is 0 Å². The molecular weight excluding hydrogens is 338 g/mol. The summed E-state index contributed by atoms with van der Waals surface area (Å²) in [6, 6.07) is 13.2. The molecule has 140 valence electrons. The summed E-state index contributed by atoms with van der Waals surface area (Å²) < 4.78 is 1.22. The van der Waals surface area contributed by atoms with E-state index in [4.69, 9.17) is 0 Å². The Labute approximate surface area is 159 Å². The molecule has 0 aliphatic carbocycles. The van der Waals surface area contributed by atoms with Crippen molar-refractivity contribution in [1.29, 1.82) is 0 Å². The van der Waals surface area contributed by atoms with Gasteiger partial charge in [-0.2, -0.15) is 5.10 Å². The predicted octanol–water partition coefficient (Wildman–Crippen LogP) is 4.43. The average molecular weight is 363 g/mol. The minimum absolute atomic E-state index is 0.215. The molecule has 27 heavy (non-hydrogen) atoms. The minimum Gasteiger partial charge on any atom is -0.320 e. The van der Waals surface area contributed by atoms with Crippen LogP contribution < -0.4 is 10.9 Å². The molecule has 5 nitrogen and oxygen atoms in total. The predicted molar refractivity (Wildman–Crippen MR) is 110 cm³/mol. The van der Waals surface area contributed by atoms with Crippen LogP contribution in [0.25, 0.3) is 10.8 Å². The molecule has 0 spiro atoms. The summed E-state index contributed by atoms with van der Waals surface area (Å²) in [5, 5.41) is 8.37. The first-order valence-corrected chi connectivity index (χ1v) is 9.21. The van der Waals surface area contributed by atoms with Gasteiger partial charge in [0.25, 0.3) is 11.5 Å². The van der Waals surface area contributed by atoms with Crippen LogP contribution in [0, 0.1) is 0 Å². The van der Waals surface area contributed by atoms with E-state index in [0.717, 1.165) is 16.8 Å². The first-order chi connectivity index (χ1) is 12.8. The number of carbonyl (C=O) groups is 1. The van der Waals surface area contributed by atoms with E-state index in [9.17, 15) is 9.59 Å². The van der Waals surface area contributed by atoms with Gasteiger partial charge < -0.3 is 5.32 Å². The molecular formula is C22H25N3O2. The number of rotatable bonds is 4. The summed E-state index contributed by atoms with van der Waals surface area (Å²) in [6.45, 7) is 8.42. The van der Waals surface area contributed by atoms with Crippen LogP contribution in [0.15, 0.2) is 47.3 Å². The standard InChI is InChI=1S/C22H25N3O2/c1-13(2)15-11-8-12-16(14(3)4)19(15)23-21(26)20-17-9-6-7-10-18(17)22(27)25(5)24-20/h6-14H,1-5H3,(H,23,26). The lowest BCUT2D eigenvalue weighted by molar-refractivity contribution is 0.102. The lowest BCUT2D eigenvalue weighted by Gasteiger charge is -2.20. The number of carbonyl (C=O) groups excluding carboxylic acids is 1. The number of nitrogens with one attached hydrogen (secondary N) is 1. The van der Waals surface area contributed by atoms with Crippen LogP contribution in [0.3, 0.4) is 0 Å². The van der Waals surface area contributed by atoms with Crippen molar-refractivity contribution >= 4 is 22.4 Å². The van der Waals surface area contributed by atoms with Crippen molar-refractivity contribution in [3.8, 4) is 0 Å². The van der Waals surface area contributed by atoms with Gasteiger partial charge in [0.05, 0.1) is 5.39 Å². The van der Waals surface area contributed by atoms with Crippen LogP contribution in [0.5, 0.6) is 0 Å². The number of benzene rings is 2. The second-order valence-electron chi connectivity index (χ2n) is 7.40. The summed E-state index contributed by atoms with van der Waals surface area (Å²) in [5.74, 6) is 0.226. The first-order valence-electron chi connectivity index (χ1n) is 9.21. The molecule has 0 aliphatic heterocycles. The highest BCUT2D eigenvalue weighted by molar-refractivity contribution is 6.11. The van der Waals surface area contributed by atoms with Gasteiger partial charge in [0.15, 0.2) is 5.69 Å². The molecule has 0 saturated heterocycles. The Kier molecular flexibility index (Phi) is 5.13. The van der Waals surface area contributed by atoms with E-state index in [1.54, 1.807) is 25.2 Å². The number of aromatic nitrogens is 2. The van der Waals surface area contributed by atoms with E-state index < -0.39 is 0 Å². The van der Waals surface area contributed by atoms with Gasteiger partial charge in [0.2, 0.25) is 0 Å². The topological polar surface area (TPSA) is 64.0 Å². The van der Waals surface area contributed by atoms with Gasteiger partial charge in [-0.3, -0.25) is 9.59 Å². The monoisotopic (exact) mass is 363 g/mol. The normalized spacial score (nSPS) is 11.4. The van der Waals surface area contributed by atoms with Gasteiger partial charge in [0.1, 0.15) is 0 Å². The number of para-hydroxylation sites is 1. The molecule has 2 aromatic carbocycles. The van der Waals surface area contributed by atoms with Gasteiger partial charge in [-0.15, -0.1) is 0 Å². The fraction of sp³-hybridized carbons (Fsp3) is 0.318. The number of amides is 1. The van der Waals surface area contributed by atoms with Crippen LogP contribution in [-0.2, 0) is 7.05 Å². The zero-order valence-corrected chi connectivity index (χ0v) is 16.4. The zero-order chi connectivity index (χ0) is 19.7. The molecule has 3 rings (SSSR count). The molecule has 3 aromatic rings. The second kappa shape index (κ2) is 7.35. The Morgan fingerprint density at radius 2 is 1.48 bits per heavy atom. The van der Waals surface area contributed by atoms with Crippen LogP contribution in [0.1, 0.15) is 61.1 Å². The Morgan fingerprint density at radius 1 is 0.926 bits per heavy atom. The van der Waals surface area contributed by atoms with Crippen molar-refractivity contribution in [2.75, 3.05) is 5.32 Å². The Morgan fingerprint density at radius 3 is 2.04 bits per heavy atom. The van der Waals surface area contributed by atoms with Gasteiger partial charge in [0, 0.05) is 18.1 Å². The second-order valence-corrected chi connectivity index (χ2v) is 7.40. The van der Waals surface area contributed by atoms with Crippen molar-refractivity contribution < 1.29 is 4.79 Å². The van der Waals surface area contributed by atoms with Crippen molar-refractivity contribution in [2.45, 2.75) is 39.5 Å². The van der Waals surface area contributed by atoms with Gasteiger partial charge in [-0.25, -0.2) is 4.68 Å². The van der Waals surface area contributed by atoms with E-state index in [0.29, 0.717) is 10.8 Å². The van der Waals surface area contributed by atoms with Crippen molar-refractivity contribution in [3.05, 3.63) is 69.6 Å². The molecule has 1 amide bonds. The molecule has 0 radical (unpaired) electrons. The van der Waals surface area contributed by atoms with Crippen molar-refractivity contribution in [3.63, 3.8) is 0 Å². The van der Waals surface area contributed by atoms with Gasteiger partial charge >= 0.3 is 0 Å². The van der Waals surface area contributed by atoms with Gasteiger partial charge in [-0.1, -0.05) is 64.1 Å². The Balaban J connectivity index is 2.14. The van der Waals surface area contributed by atoms with Crippen LogP contribution >= 0.6 is 0 Å². The van der Waals surface area contributed by atoms with Crippen LogP contribution in [-0.4, -0.2) is 15.7 Å². The van der Waals surface area contributed by atoms with Crippen molar-refractivity contribution in [2.24, 2.45) is 7.05 Å². The molecule has 0 bridgehead atoms. The fourth-order valence-electron chi connectivity index (χ4n) is 3.34. The summed E-state index contributed by atoms with van der Waals surface area (Å²) in [6.07, 6.45) is 0. The third kappa shape index (κ3) is 3.50. The number of anilines is 1. The average Bonchev–Trinajstić information content (AvgIpc) is 2.64. The largest absolute Gasteiger partial charge is 0.320 e. The first kappa shape index (κ1) is 18.8. The van der Waals surface area contributed by atoms with Crippen LogP contribution in [0.4, 0.5) is 5.69 Å². The maximum atomic E-state index is 13.2. The smallest absolute Gasteiger partial charge is 0.276 e. The maximum absolute atomic E-state index is 13.2. The summed E-state index contributed by atoms with van der Waals surface area (Å²) in [4.78, 5) is 25.5. The molecule has 0 unspecified atom stereocenters. The maximum Gasteiger partial charge on any atom is 0.276 e. The van der Waals surface area contributed by atoms with E-state index in [2.05, 4.69) is 38.1 Å². The quantitative estimate of drug-likeness (QED) is 0.746. The lowest BCUT2D eigenvalue weighted by atomic mass is 9.92. The SMILES string of the molecule is CC(C)c1cccc(C(C)C)c1NC(=O)c1nn(C)c(=O)c2ccccc12. The fourth-order valence-corrected chi connectivity index (χ4v) is 3.34. The number of nitrogens with zero attached hydrogens (tertiary/aromatic N) is 2. The molecule has 5 heteroatoms. The highest BCUT2D eigenvalue weighted by Crippen LogP contribution is 2.32. The number of fused-ring (bicyclic) bond motifs is 1. The molecule has 0 saturated carbocycles. The Bertz CT molecular complexity index is 1040. The minimum atomic E-state index is -0.309. The third-order valence-corrected chi connectivity index (χ3v) is 4.78. The number of hydrogen-bond acceptors (Lipinski definition) is 3. The Hall–Kier alpha value is -2.95.